The normalized spacial score (nSPS) is 10.6. The summed E-state index contributed by atoms with van der Waals surface area (Å²) in [5.41, 5.74) is 6.54. The number of nitrogens with two attached hydrogens (primary N) is 1. The minimum atomic E-state index is -0.750. The molecule has 0 aliphatic carbocycles. The van der Waals surface area contributed by atoms with Gasteiger partial charge in [0.15, 0.2) is 0 Å². The molecule has 0 rings (SSSR count). The van der Waals surface area contributed by atoms with Crippen molar-refractivity contribution in [2.45, 2.75) is 4.84 Å². The fourth-order valence-electron chi connectivity index (χ4n) is 0.157. The van der Waals surface area contributed by atoms with Gasteiger partial charge in [0.05, 0.1) is 6.21 Å². The molecule has 0 saturated heterocycles. The number of hydrogen-bond acceptors (Lipinski definition) is 2. The van der Waals surface area contributed by atoms with Crippen molar-refractivity contribution in [2.75, 3.05) is 0 Å². The van der Waals surface area contributed by atoms with Crippen molar-refractivity contribution in [1.82, 2.24) is 5.43 Å². The third-order valence-corrected chi connectivity index (χ3v) is 0.587. The zero-order valence-corrected chi connectivity index (χ0v) is 5.86. The molecule has 0 bridgehead atoms. The molecule has 0 radical (unpaired) electrons. The summed E-state index contributed by atoms with van der Waals surface area (Å²) in [6.45, 7) is 0. The molecule has 3 N–H and O–H groups in total. The molecule has 2 amide bonds. The SMILES string of the molecule is NC(=O)N/N=C/C(Cl)Cl. The molecule has 0 aromatic rings. The van der Waals surface area contributed by atoms with Gasteiger partial charge in [-0.15, -0.1) is 0 Å². The molecule has 9 heavy (non-hydrogen) atoms. The minimum Gasteiger partial charge on any atom is -0.350 e. The number of halogens is 2. The number of carbonyl (C=O) groups excluding carboxylic acids is 1. The summed E-state index contributed by atoms with van der Waals surface area (Å²) in [4.78, 5) is 9.17. The molecule has 0 spiro atoms. The summed E-state index contributed by atoms with van der Waals surface area (Å²) in [6, 6.07) is -0.750. The molecule has 4 nitrogen and oxygen atoms in total. The summed E-state index contributed by atoms with van der Waals surface area (Å²) >= 11 is 10.4. The van der Waals surface area contributed by atoms with Crippen LogP contribution in [-0.4, -0.2) is 17.1 Å². The van der Waals surface area contributed by atoms with E-state index in [2.05, 4.69) is 10.8 Å². The molecule has 0 aliphatic heterocycles. The Kier molecular flexibility index (Phi) is 4.17. The van der Waals surface area contributed by atoms with E-state index in [1.54, 1.807) is 0 Å². The lowest BCUT2D eigenvalue weighted by Crippen LogP contribution is -2.24. The van der Waals surface area contributed by atoms with Crippen LogP contribution in [0, 0.1) is 0 Å². The Morgan fingerprint density at radius 3 is 2.67 bits per heavy atom. The first kappa shape index (κ1) is 8.52. The van der Waals surface area contributed by atoms with Crippen LogP contribution in [0.3, 0.4) is 0 Å². The number of primary amides is 1. The second-order valence-corrected chi connectivity index (χ2v) is 2.25. The molecule has 52 valence electrons. The quantitative estimate of drug-likeness (QED) is 0.352. The zero-order chi connectivity index (χ0) is 7.28. The molecule has 0 aromatic heterocycles. The van der Waals surface area contributed by atoms with Crippen LogP contribution in [-0.2, 0) is 0 Å². The molecule has 0 atom stereocenters. The first-order valence-corrected chi connectivity index (χ1v) is 2.87. The van der Waals surface area contributed by atoms with Gasteiger partial charge in [0.1, 0.15) is 4.84 Å². The van der Waals surface area contributed by atoms with Gasteiger partial charge in [-0.25, -0.2) is 10.2 Å². The maximum atomic E-state index is 9.89. The molecule has 0 saturated carbocycles. The largest absolute Gasteiger partial charge is 0.350 e. The van der Waals surface area contributed by atoms with Crippen molar-refractivity contribution in [1.29, 1.82) is 0 Å². The highest BCUT2D eigenvalue weighted by Crippen LogP contribution is 1.94. The van der Waals surface area contributed by atoms with Gasteiger partial charge in [0.2, 0.25) is 0 Å². The topological polar surface area (TPSA) is 67.5 Å². The van der Waals surface area contributed by atoms with E-state index in [9.17, 15) is 4.79 Å². The number of hydrazone groups is 1. The van der Waals surface area contributed by atoms with Gasteiger partial charge in [-0.3, -0.25) is 0 Å². The fraction of sp³-hybridized carbons (Fsp3) is 0.333. The summed E-state index contributed by atoms with van der Waals surface area (Å²) in [7, 11) is 0. The van der Waals surface area contributed by atoms with E-state index < -0.39 is 10.9 Å². The predicted octanol–water partition coefficient (Wildman–Crippen LogP) is 0.444. The Morgan fingerprint density at radius 1 is 1.78 bits per heavy atom. The number of nitrogens with one attached hydrogen (secondary N) is 1. The van der Waals surface area contributed by atoms with E-state index in [0.29, 0.717) is 0 Å². The van der Waals surface area contributed by atoms with E-state index in [4.69, 9.17) is 23.2 Å². The van der Waals surface area contributed by atoms with E-state index in [-0.39, 0.29) is 0 Å². The maximum Gasteiger partial charge on any atom is 0.332 e. The monoisotopic (exact) mass is 169 g/mol. The summed E-state index contributed by atoms with van der Waals surface area (Å²) in [6.07, 6.45) is 1.13. The highest BCUT2D eigenvalue weighted by molar-refractivity contribution is 6.51. The highest BCUT2D eigenvalue weighted by atomic mass is 35.5. The summed E-state index contributed by atoms with van der Waals surface area (Å²) < 4.78 is 0. The van der Waals surface area contributed by atoms with Crippen molar-refractivity contribution in [2.24, 2.45) is 10.8 Å². The number of urea groups is 1. The maximum absolute atomic E-state index is 9.89. The number of rotatable bonds is 2. The van der Waals surface area contributed by atoms with Crippen LogP contribution < -0.4 is 11.2 Å². The van der Waals surface area contributed by atoms with Gasteiger partial charge in [-0.05, 0) is 0 Å². The van der Waals surface area contributed by atoms with Crippen molar-refractivity contribution in [3.05, 3.63) is 0 Å². The number of nitrogens with zero attached hydrogens (tertiary/aromatic N) is 1. The van der Waals surface area contributed by atoms with E-state index in [1.165, 1.54) is 0 Å². The Labute approximate surface area is 62.0 Å². The lowest BCUT2D eigenvalue weighted by Gasteiger charge is -1.89. The van der Waals surface area contributed by atoms with Crippen LogP contribution in [0.4, 0.5) is 4.79 Å². The average Bonchev–Trinajstić information content (AvgIpc) is 1.63. The molecule has 0 aliphatic rings. The summed E-state index contributed by atoms with van der Waals surface area (Å²) in [5.74, 6) is 0. The molecule has 6 heteroatoms. The zero-order valence-electron chi connectivity index (χ0n) is 4.34. The van der Waals surface area contributed by atoms with Crippen LogP contribution >= 0.6 is 23.2 Å². The Balaban J connectivity index is 3.36. The van der Waals surface area contributed by atoms with Crippen LogP contribution in [0.15, 0.2) is 5.10 Å². The minimum absolute atomic E-state index is 0.725. The first-order chi connectivity index (χ1) is 4.13. The van der Waals surface area contributed by atoms with Crippen LogP contribution in [0.25, 0.3) is 0 Å². The van der Waals surface area contributed by atoms with Crippen molar-refractivity contribution in [3.8, 4) is 0 Å². The average molecular weight is 170 g/mol. The number of amides is 2. The molecule has 0 aromatic carbocycles. The molecule has 0 fully saturated rings. The molecule has 0 heterocycles. The van der Waals surface area contributed by atoms with Gasteiger partial charge in [-0.1, -0.05) is 23.2 Å². The van der Waals surface area contributed by atoms with Gasteiger partial charge < -0.3 is 5.73 Å². The predicted molar refractivity (Wildman–Crippen MR) is 36.7 cm³/mol. The lowest BCUT2D eigenvalue weighted by atomic mass is 10.9. The third kappa shape index (κ3) is 7.52. The number of alkyl halides is 2. The fourth-order valence-corrected chi connectivity index (χ4v) is 0.270. The Hall–Kier alpha value is -0.480. The smallest absolute Gasteiger partial charge is 0.332 e. The van der Waals surface area contributed by atoms with Crippen LogP contribution in [0.5, 0.6) is 0 Å². The van der Waals surface area contributed by atoms with Gasteiger partial charge in [-0.2, -0.15) is 5.10 Å². The number of hydrogen-bond donors (Lipinski definition) is 2. The molecular formula is C3H5Cl2N3O. The third-order valence-electron chi connectivity index (χ3n) is 0.362. The van der Waals surface area contributed by atoms with Crippen molar-refractivity contribution in [3.63, 3.8) is 0 Å². The highest BCUT2D eigenvalue weighted by Gasteiger charge is 1.89. The van der Waals surface area contributed by atoms with E-state index in [1.807, 2.05) is 5.43 Å². The first-order valence-electron chi connectivity index (χ1n) is 1.99. The number of carbonyl (C=O) groups is 1. The second kappa shape index (κ2) is 4.40. The van der Waals surface area contributed by atoms with Crippen molar-refractivity contribution >= 4 is 35.4 Å². The Bertz CT molecular complexity index is 124. The molecular weight excluding hydrogens is 165 g/mol. The lowest BCUT2D eigenvalue weighted by molar-refractivity contribution is 0.249. The molecule has 0 unspecified atom stereocenters. The van der Waals surface area contributed by atoms with Gasteiger partial charge in [0.25, 0.3) is 0 Å². The van der Waals surface area contributed by atoms with Crippen molar-refractivity contribution < 1.29 is 4.79 Å². The van der Waals surface area contributed by atoms with Crippen LogP contribution in [0.2, 0.25) is 0 Å². The second-order valence-electron chi connectivity index (χ2n) is 1.09. The standard InChI is InChI=1S/C3H5Cl2N3O/c4-2(5)1-7-8-3(6)9/h1-2H,(H3,6,8,9)/b7-1+. The van der Waals surface area contributed by atoms with E-state index >= 15 is 0 Å². The van der Waals surface area contributed by atoms with Gasteiger partial charge in [0, 0.05) is 0 Å². The van der Waals surface area contributed by atoms with E-state index in [0.717, 1.165) is 6.21 Å². The van der Waals surface area contributed by atoms with Crippen LogP contribution in [0.1, 0.15) is 0 Å². The summed E-state index contributed by atoms with van der Waals surface area (Å²) in [5, 5.41) is 3.26. The van der Waals surface area contributed by atoms with Gasteiger partial charge >= 0.3 is 6.03 Å². The Morgan fingerprint density at radius 2 is 2.33 bits per heavy atom.